The van der Waals surface area contributed by atoms with Crippen molar-refractivity contribution in [2.45, 2.75) is 77.4 Å². The number of halogens is 1. The maximum atomic E-state index is 13.6. The Bertz CT molecular complexity index is 1180. The van der Waals surface area contributed by atoms with Crippen molar-refractivity contribution in [1.29, 1.82) is 0 Å². The highest BCUT2D eigenvalue weighted by atomic mass is 35.5. The number of carbonyl (C=O) groups excluding carboxylic acids is 2. The molecule has 37 heavy (non-hydrogen) atoms. The normalized spacial score (nSPS) is 14.8. The SMILES string of the molecule is CC[C@H](C(=O)NC1CCCC1)N(Cc1ccccc1Cl)C(=O)CCCN(c1ccccc1C)S(C)(=O)=O. The molecule has 2 amide bonds. The summed E-state index contributed by atoms with van der Waals surface area (Å²) in [6.45, 7) is 4.14. The van der Waals surface area contributed by atoms with Gasteiger partial charge in [-0.1, -0.05) is 67.8 Å². The summed E-state index contributed by atoms with van der Waals surface area (Å²) in [6, 6.07) is 14.1. The van der Waals surface area contributed by atoms with Gasteiger partial charge in [-0.15, -0.1) is 0 Å². The van der Waals surface area contributed by atoms with Gasteiger partial charge < -0.3 is 10.2 Å². The van der Waals surface area contributed by atoms with E-state index in [2.05, 4.69) is 5.32 Å². The van der Waals surface area contributed by atoms with Gasteiger partial charge in [0.15, 0.2) is 0 Å². The fraction of sp³-hybridized carbons (Fsp3) is 0.500. The molecule has 1 saturated carbocycles. The Morgan fingerprint density at radius 1 is 1.08 bits per heavy atom. The van der Waals surface area contributed by atoms with Crippen molar-refractivity contribution in [2.75, 3.05) is 17.1 Å². The zero-order valence-corrected chi connectivity index (χ0v) is 23.5. The van der Waals surface area contributed by atoms with Crippen LogP contribution in [-0.4, -0.2) is 50.0 Å². The maximum absolute atomic E-state index is 13.6. The minimum atomic E-state index is -3.53. The third-order valence-corrected chi connectivity index (χ3v) is 8.47. The van der Waals surface area contributed by atoms with Gasteiger partial charge in [0.2, 0.25) is 21.8 Å². The van der Waals surface area contributed by atoms with E-state index in [0.29, 0.717) is 23.6 Å². The monoisotopic (exact) mass is 547 g/mol. The van der Waals surface area contributed by atoms with Crippen molar-refractivity contribution in [3.63, 3.8) is 0 Å². The average Bonchev–Trinajstić information content (AvgIpc) is 3.35. The first kappa shape index (κ1) is 29.0. The van der Waals surface area contributed by atoms with Gasteiger partial charge >= 0.3 is 0 Å². The van der Waals surface area contributed by atoms with Gasteiger partial charge in [0.05, 0.1) is 11.9 Å². The molecule has 7 nitrogen and oxygen atoms in total. The fourth-order valence-corrected chi connectivity index (χ4v) is 6.14. The van der Waals surface area contributed by atoms with E-state index in [1.807, 2.05) is 44.2 Å². The highest BCUT2D eigenvalue weighted by Gasteiger charge is 2.31. The van der Waals surface area contributed by atoms with Gasteiger partial charge in [0.1, 0.15) is 6.04 Å². The molecule has 2 aromatic carbocycles. The zero-order valence-electron chi connectivity index (χ0n) is 22.0. The van der Waals surface area contributed by atoms with E-state index in [1.165, 1.54) is 10.6 Å². The molecule has 0 saturated heterocycles. The van der Waals surface area contributed by atoms with Crippen LogP contribution >= 0.6 is 11.6 Å². The van der Waals surface area contributed by atoms with Crippen LogP contribution in [-0.2, 0) is 26.2 Å². The first-order chi connectivity index (χ1) is 17.6. The molecule has 1 aliphatic rings. The summed E-state index contributed by atoms with van der Waals surface area (Å²) in [6.07, 6.45) is 6.18. The van der Waals surface area contributed by atoms with Gasteiger partial charge in [-0.2, -0.15) is 0 Å². The molecule has 3 rings (SSSR count). The molecule has 1 N–H and O–H groups in total. The van der Waals surface area contributed by atoms with E-state index >= 15 is 0 Å². The number of benzene rings is 2. The van der Waals surface area contributed by atoms with Gasteiger partial charge in [-0.3, -0.25) is 13.9 Å². The van der Waals surface area contributed by atoms with Crippen LogP contribution in [0.4, 0.5) is 5.69 Å². The molecule has 1 atom stereocenters. The molecule has 0 heterocycles. The molecule has 0 aliphatic heterocycles. The van der Waals surface area contributed by atoms with Crippen molar-refractivity contribution in [1.82, 2.24) is 10.2 Å². The topological polar surface area (TPSA) is 86.8 Å². The molecule has 0 unspecified atom stereocenters. The van der Waals surface area contributed by atoms with Crippen LogP contribution in [0.15, 0.2) is 48.5 Å². The molecule has 0 bridgehead atoms. The first-order valence-corrected chi connectivity index (χ1v) is 15.2. The largest absolute Gasteiger partial charge is 0.352 e. The van der Waals surface area contributed by atoms with Crippen LogP contribution < -0.4 is 9.62 Å². The van der Waals surface area contributed by atoms with Gasteiger partial charge in [-0.05, 0) is 55.9 Å². The number of hydrogen-bond acceptors (Lipinski definition) is 4. The molecule has 2 aromatic rings. The number of sulfonamides is 1. The number of nitrogens with zero attached hydrogens (tertiary/aromatic N) is 2. The van der Waals surface area contributed by atoms with E-state index in [9.17, 15) is 18.0 Å². The lowest BCUT2D eigenvalue weighted by Gasteiger charge is -2.32. The van der Waals surface area contributed by atoms with Gasteiger partial charge in [0.25, 0.3) is 0 Å². The molecule has 1 fully saturated rings. The fourth-order valence-electron chi connectivity index (χ4n) is 4.92. The highest BCUT2D eigenvalue weighted by Crippen LogP contribution is 2.24. The number of nitrogens with one attached hydrogen (secondary N) is 1. The predicted molar refractivity (Wildman–Crippen MR) is 149 cm³/mol. The molecule has 0 aromatic heterocycles. The van der Waals surface area contributed by atoms with Gasteiger partial charge in [-0.25, -0.2) is 8.42 Å². The van der Waals surface area contributed by atoms with Crippen LogP contribution in [0.1, 0.15) is 63.0 Å². The van der Waals surface area contributed by atoms with Crippen LogP contribution in [0.25, 0.3) is 0 Å². The number of carbonyl (C=O) groups is 2. The van der Waals surface area contributed by atoms with Crippen LogP contribution in [0.2, 0.25) is 5.02 Å². The minimum absolute atomic E-state index is 0.107. The Hall–Kier alpha value is -2.58. The molecular formula is C28H38ClN3O4S. The van der Waals surface area contributed by atoms with E-state index < -0.39 is 16.1 Å². The van der Waals surface area contributed by atoms with E-state index in [0.717, 1.165) is 36.8 Å². The lowest BCUT2D eigenvalue weighted by atomic mass is 10.1. The number of anilines is 1. The number of hydrogen-bond donors (Lipinski definition) is 1. The summed E-state index contributed by atoms with van der Waals surface area (Å²) in [5.74, 6) is -0.348. The second kappa shape index (κ2) is 13.3. The third-order valence-electron chi connectivity index (χ3n) is 6.92. The van der Waals surface area contributed by atoms with E-state index in [4.69, 9.17) is 11.6 Å². The molecular weight excluding hydrogens is 510 g/mol. The van der Waals surface area contributed by atoms with Crippen LogP contribution in [0, 0.1) is 6.92 Å². The predicted octanol–water partition coefficient (Wildman–Crippen LogP) is 5.06. The average molecular weight is 548 g/mol. The Kier molecular flexibility index (Phi) is 10.4. The lowest BCUT2D eigenvalue weighted by Crippen LogP contribution is -2.51. The molecule has 9 heteroatoms. The van der Waals surface area contributed by atoms with Crippen molar-refractivity contribution >= 4 is 39.1 Å². The van der Waals surface area contributed by atoms with Crippen molar-refractivity contribution in [3.05, 3.63) is 64.7 Å². The quantitative estimate of drug-likeness (QED) is 0.402. The Morgan fingerprint density at radius 3 is 2.35 bits per heavy atom. The maximum Gasteiger partial charge on any atom is 0.243 e. The number of rotatable bonds is 12. The van der Waals surface area contributed by atoms with Crippen LogP contribution in [0.5, 0.6) is 0 Å². The smallest absolute Gasteiger partial charge is 0.243 e. The van der Waals surface area contributed by atoms with Crippen LogP contribution in [0.3, 0.4) is 0 Å². The Labute approximate surface area is 226 Å². The Morgan fingerprint density at radius 2 is 1.73 bits per heavy atom. The molecule has 0 radical (unpaired) electrons. The lowest BCUT2D eigenvalue weighted by molar-refractivity contribution is -0.141. The van der Waals surface area contributed by atoms with Crippen molar-refractivity contribution < 1.29 is 18.0 Å². The molecule has 1 aliphatic carbocycles. The van der Waals surface area contributed by atoms with E-state index in [-0.39, 0.29) is 37.4 Å². The third kappa shape index (κ3) is 7.95. The van der Waals surface area contributed by atoms with E-state index in [1.54, 1.807) is 23.1 Å². The second-order valence-corrected chi connectivity index (χ2v) is 12.1. The summed E-state index contributed by atoms with van der Waals surface area (Å²) in [5.41, 5.74) is 2.21. The highest BCUT2D eigenvalue weighted by molar-refractivity contribution is 7.92. The number of para-hydroxylation sites is 1. The minimum Gasteiger partial charge on any atom is -0.352 e. The zero-order chi connectivity index (χ0) is 27.0. The number of aryl methyl sites for hydroxylation is 1. The number of amides is 2. The second-order valence-electron chi connectivity index (χ2n) is 9.75. The summed E-state index contributed by atoms with van der Waals surface area (Å²) in [5, 5.41) is 3.67. The van der Waals surface area contributed by atoms with Gasteiger partial charge in [0, 0.05) is 30.6 Å². The van der Waals surface area contributed by atoms with Crippen molar-refractivity contribution in [3.8, 4) is 0 Å². The Balaban J connectivity index is 1.77. The summed E-state index contributed by atoms with van der Waals surface area (Å²) >= 11 is 6.40. The van der Waals surface area contributed by atoms with Crippen molar-refractivity contribution in [2.24, 2.45) is 0 Å². The summed E-state index contributed by atoms with van der Waals surface area (Å²) in [4.78, 5) is 28.4. The molecule has 202 valence electrons. The summed E-state index contributed by atoms with van der Waals surface area (Å²) < 4.78 is 26.4. The standard InChI is InChI=1S/C28H38ClN3O4S/c1-4-25(28(34)30-23-14-7-8-15-23)31(20-22-13-6-9-16-24(22)29)27(33)18-11-19-32(37(3,35)36)26-17-10-5-12-21(26)2/h5-6,9-10,12-13,16-17,23,25H,4,7-8,11,14-15,18-20H2,1-3H3,(H,30,34)/t25-/m1/s1. The first-order valence-electron chi connectivity index (χ1n) is 13.0. The molecule has 0 spiro atoms. The summed E-state index contributed by atoms with van der Waals surface area (Å²) in [7, 11) is -3.53.